The van der Waals surface area contributed by atoms with E-state index in [1.165, 1.54) is 0 Å². The molecule has 0 bridgehead atoms. The molecule has 0 saturated heterocycles. The summed E-state index contributed by atoms with van der Waals surface area (Å²) < 4.78 is 4.14. The van der Waals surface area contributed by atoms with Crippen LogP contribution in [0.5, 0.6) is 0 Å². The van der Waals surface area contributed by atoms with Crippen LogP contribution < -0.4 is 9.88 Å². The molecule has 1 aromatic carbocycles. The molecule has 5 nitrogen and oxygen atoms in total. The molecule has 1 atom stereocenters. The largest absolute Gasteiger partial charge is 0.375 e. The van der Waals surface area contributed by atoms with Crippen LogP contribution in [-0.4, -0.2) is 22.1 Å². The van der Waals surface area contributed by atoms with Gasteiger partial charge in [0.25, 0.3) is 11.7 Å². The van der Waals surface area contributed by atoms with Crippen LogP contribution in [0.1, 0.15) is 37.1 Å². The van der Waals surface area contributed by atoms with Gasteiger partial charge in [-0.15, -0.1) is 0 Å². The molecule has 2 aromatic rings. The van der Waals surface area contributed by atoms with Gasteiger partial charge < -0.3 is 10.4 Å². The summed E-state index contributed by atoms with van der Waals surface area (Å²) >= 11 is 0. The number of rotatable bonds is 6. The van der Waals surface area contributed by atoms with Crippen molar-refractivity contribution >= 4 is 5.91 Å². The van der Waals surface area contributed by atoms with E-state index in [4.69, 9.17) is 0 Å². The van der Waals surface area contributed by atoms with Crippen molar-refractivity contribution in [3.63, 3.8) is 0 Å². The SMILES string of the molecule is Cc1n(CCNC(=O)C(O)(c2ccccc2)C2CCCC2)cc[n+]1C. The summed E-state index contributed by atoms with van der Waals surface area (Å²) in [5, 5.41) is 14.3. The third kappa shape index (κ3) is 3.47. The van der Waals surface area contributed by atoms with E-state index in [0.717, 1.165) is 31.5 Å². The van der Waals surface area contributed by atoms with E-state index >= 15 is 0 Å². The highest BCUT2D eigenvalue weighted by atomic mass is 16.3. The molecular formula is C20H28N3O2+. The number of nitrogens with one attached hydrogen (secondary N) is 1. The van der Waals surface area contributed by atoms with Gasteiger partial charge in [-0.25, -0.2) is 9.13 Å². The highest BCUT2D eigenvalue weighted by molar-refractivity contribution is 5.86. The molecule has 5 heteroatoms. The number of aryl methyl sites for hydroxylation is 1. The lowest BCUT2D eigenvalue weighted by atomic mass is 9.79. The zero-order chi connectivity index (χ0) is 17.9. The lowest BCUT2D eigenvalue weighted by Gasteiger charge is -2.33. The Bertz CT molecular complexity index is 720. The summed E-state index contributed by atoms with van der Waals surface area (Å²) in [7, 11) is 2.00. The van der Waals surface area contributed by atoms with Crippen molar-refractivity contribution in [1.82, 2.24) is 9.88 Å². The minimum Gasteiger partial charge on any atom is -0.375 e. The molecule has 0 aliphatic heterocycles. The number of imidazole rings is 1. The van der Waals surface area contributed by atoms with Gasteiger partial charge in [0, 0.05) is 12.8 Å². The third-order valence-electron chi connectivity index (χ3n) is 5.54. The number of carbonyl (C=O) groups is 1. The molecule has 1 unspecified atom stereocenters. The Morgan fingerprint density at radius 2 is 2.00 bits per heavy atom. The Morgan fingerprint density at radius 1 is 1.32 bits per heavy atom. The van der Waals surface area contributed by atoms with Gasteiger partial charge in [-0.1, -0.05) is 43.2 Å². The second kappa shape index (κ2) is 7.40. The van der Waals surface area contributed by atoms with Crippen molar-refractivity contribution in [3.8, 4) is 0 Å². The van der Waals surface area contributed by atoms with E-state index in [9.17, 15) is 9.90 Å². The zero-order valence-corrected chi connectivity index (χ0v) is 15.1. The first-order chi connectivity index (χ1) is 12.0. The Balaban J connectivity index is 1.72. The van der Waals surface area contributed by atoms with E-state index in [1.807, 2.05) is 61.3 Å². The molecule has 3 rings (SSSR count). The van der Waals surface area contributed by atoms with Gasteiger partial charge in [0.15, 0.2) is 5.60 Å². The van der Waals surface area contributed by atoms with Crippen LogP contribution in [0, 0.1) is 12.8 Å². The maximum Gasteiger partial charge on any atom is 0.257 e. The standard InChI is InChI=1S/C20H27N3O2/c1-16-22(2)14-15-23(16)13-12-21-19(24)20(25,18-10-6-7-11-18)17-8-4-3-5-9-17/h3-5,8-9,14-15,18,25H,6-7,10-13H2,1-2H3/p+1. The molecule has 1 saturated carbocycles. The summed E-state index contributed by atoms with van der Waals surface area (Å²) in [5.74, 6) is 0.837. The van der Waals surface area contributed by atoms with E-state index in [-0.39, 0.29) is 11.8 Å². The van der Waals surface area contributed by atoms with Gasteiger partial charge in [-0.2, -0.15) is 0 Å². The molecule has 0 spiro atoms. The van der Waals surface area contributed by atoms with Crippen LogP contribution >= 0.6 is 0 Å². The summed E-state index contributed by atoms with van der Waals surface area (Å²) in [6.45, 7) is 3.23. The number of hydrogen-bond acceptors (Lipinski definition) is 2. The molecule has 1 heterocycles. The van der Waals surface area contributed by atoms with Crippen LogP contribution in [0.2, 0.25) is 0 Å². The molecule has 1 fully saturated rings. The van der Waals surface area contributed by atoms with Crippen LogP contribution in [0.4, 0.5) is 0 Å². The van der Waals surface area contributed by atoms with Crippen LogP contribution in [-0.2, 0) is 24.0 Å². The summed E-state index contributed by atoms with van der Waals surface area (Å²) in [4.78, 5) is 13.0. The highest BCUT2D eigenvalue weighted by Gasteiger charge is 2.46. The Hall–Kier alpha value is -2.14. The first-order valence-electron chi connectivity index (χ1n) is 9.11. The fraction of sp³-hybridized carbons (Fsp3) is 0.500. The highest BCUT2D eigenvalue weighted by Crippen LogP contribution is 2.40. The number of aromatic nitrogens is 2. The predicted molar refractivity (Wildman–Crippen MR) is 95.7 cm³/mol. The zero-order valence-electron chi connectivity index (χ0n) is 15.1. The van der Waals surface area contributed by atoms with Gasteiger partial charge in [0.05, 0.1) is 13.6 Å². The number of aliphatic hydroxyl groups is 1. The minimum absolute atomic E-state index is 0.0129. The lowest BCUT2D eigenvalue weighted by Crippen LogP contribution is -2.49. The van der Waals surface area contributed by atoms with Gasteiger partial charge >= 0.3 is 0 Å². The minimum atomic E-state index is -1.44. The van der Waals surface area contributed by atoms with Crippen molar-refractivity contribution in [2.24, 2.45) is 13.0 Å². The average Bonchev–Trinajstić information content (AvgIpc) is 3.28. The monoisotopic (exact) mass is 342 g/mol. The fourth-order valence-electron chi connectivity index (χ4n) is 3.85. The third-order valence-corrected chi connectivity index (χ3v) is 5.54. The van der Waals surface area contributed by atoms with Crippen molar-refractivity contribution in [2.45, 2.75) is 44.8 Å². The maximum atomic E-state index is 13.0. The second-order valence-electron chi connectivity index (χ2n) is 7.02. The maximum absolute atomic E-state index is 13.0. The molecule has 2 N–H and O–H groups in total. The molecule has 25 heavy (non-hydrogen) atoms. The van der Waals surface area contributed by atoms with Crippen molar-refractivity contribution in [1.29, 1.82) is 0 Å². The van der Waals surface area contributed by atoms with E-state index in [1.54, 1.807) is 0 Å². The van der Waals surface area contributed by atoms with E-state index in [0.29, 0.717) is 18.7 Å². The summed E-state index contributed by atoms with van der Waals surface area (Å²) in [5.41, 5.74) is -0.739. The molecule has 1 amide bonds. The molecule has 0 radical (unpaired) electrons. The van der Waals surface area contributed by atoms with Gasteiger partial charge in [0.2, 0.25) is 0 Å². The van der Waals surface area contributed by atoms with Gasteiger partial charge in [-0.05, 0) is 18.4 Å². The Kier molecular flexibility index (Phi) is 5.23. The Labute approximate surface area is 149 Å². The van der Waals surface area contributed by atoms with Crippen LogP contribution in [0.3, 0.4) is 0 Å². The van der Waals surface area contributed by atoms with Crippen molar-refractivity contribution in [2.75, 3.05) is 6.54 Å². The molecule has 1 aliphatic rings. The summed E-state index contributed by atoms with van der Waals surface area (Å²) in [6.07, 6.45) is 7.94. The lowest BCUT2D eigenvalue weighted by molar-refractivity contribution is -0.677. The Morgan fingerprint density at radius 3 is 2.60 bits per heavy atom. The smallest absolute Gasteiger partial charge is 0.257 e. The van der Waals surface area contributed by atoms with E-state index in [2.05, 4.69) is 9.88 Å². The van der Waals surface area contributed by atoms with Crippen molar-refractivity contribution in [3.05, 3.63) is 54.1 Å². The van der Waals surface area contributed by atoms with Crippen LogP contribution in [0.15, 0.2) is 42.7 Å². The first-order valence-corrected chi connectivity index (χ1v) is 9.11. The second-order valence-corrected chi connectivity index (χ2v) is 7.02. The summed E-state index contributed by atoms with van der Waals surface area (Å²) in [6, 6.07) is 9.38. The van der Waals surface area contributed by atoms with Crippen molar-refractivity contribution < 1.29 is 14.5 Å². The predicted octanol–water partition coefficient (Wildman–Crippen LogP) is 1.82. The number of benzene rings is 1. The average molecular weight is 342 g/mol. The number of amides is 1. The fourth-order valence-corrected chi connectivity index (χ4v) is 3.85. The van der Waals surface area contributed by atoms with E-state index < -0.39 is 5.60 Å². The quantitative estimate of drug-likeness (QED) is 0.787. The molecule has 1 aromatic heterocycles. The number of carbonyl (C=O) groups excluding carboxylic acids is 1. The number of nitrogens with zero attached hydrogens (tertiary/aromatic N) is 2. The topological polar surface area (TPSA) is 58.1 Å². The number of hydrogen-bond donors (Lipinski definition) is 2. The van der Waals surface area contributed by atoms with Gasteiger partial charge in [0.1, 0.15) is 18.9 Å². The van der Waals surface area contributed by atoms with Crippen LogP contribution in [0.25, 0.3) is 0 Å². The first kappa shape index (κ1) is 17.7. The van der Waals surface area contributed by atoms with Gasteiger partial charge in [-0.3, -0.25) is 4.79 Å². The molecule has 1 aliphatic carbocycles. The normalized spacial score (nSPS) is 17.4. The molecule has 134 valence electrons. The molecular weight excluding hydrogens is 314 g/mol.